The summed E-state index contributed by atoms with van der Waals surface area (Å²) in [5.74, 6) is -0.234. The predicted molar refractivity (Wildman–Crippen MR) is 175 cm³/mol. The second kappa shape index (κ2) is 25.9. The van der Waals surface area contributed by atoms with Crippen LogP contribution < -0.4 is 5.32 Å². The number of hydrogen-bond acceptors (Lipinski definition) is 5. The third-order valence-electron chi connectivity index (χ3n) is 6.48. The van der Waals surface area contributed by atoms with Gasteiger partial charge in [-0.1, -0.05) is 88.1 Å². The number of hydrogen-bond donors (Lipinski definition) is 3. The average Bonchev–Trinajstić information content (AvgIpc) is 2.92. The summed E-state index contributed by atoms with van der Waals surface area (Å²) >= 11 is 0. The highest BCUT2D eigenvalue weighted by molar-refractivity contribution is 7.47. The van der Waals surface area contributed by atoms with Crippen molar-refractivity contribution in [1.29, 1.82) is 0 Å². The molecule has 0 bridgehead atoms. The van der Waals surface area contributed by atoms with Gasteiger partial charge in [-0.25, -0.2) is 4.57 Å². The molecule has 0 aliphatic rings. The molecule has 0 aliphatic carbocycles. The number of phosphoric ester groups is 1. The molecule has 0 aromatic rings. The molecule has 0 radical (unpaired) electrons. The highest BCUT2D eigenvalue weighted by Gasteiger charge is 2.27. The minimum Gasteiger partial charge on any atom is -0.387 e. The molecule has 0 aromatic heterocycles. The van der Waals surface area contributed by atoms with Gasteiger partial charge in [0.15, 0.2) is 0 Å². The molecule has 3 N–H and O–H groups in total. The van der Waals surface area contributed by atoms with Crippen LogP contribution in [-0.2, 0) is 18.4 Å². The number of unbranched alkanes of at least 4 members (excludes halogenated alkanes) is 8. The van der Waals surface area contributed by atoms with Gasteiger partial charge in [0.05, 0.1) is 39.9 Å². The van der Waals surface area contributed by atoms with E-state index in [1.165, 1.54) is 32.1 Å². The lowest BCUT2D eigenvalue weighted by atomic mass is 10.1. The number of nitrogens with zero attached hydrogens (tertiary/aromatic N) is 1. The fraction of sp³-hybridized carbons (Fsp3) is 0.727. The lowest BCUT2D eigenvalue weighted by Gasteiger charge is -2.25. The van der Waals surface area contributed by atoms with Crippen LogP contribution in [0.5, 0.6) is 0 Å². The molecule has 0 rings (SSSR count). The van der Waals surface area contributed by atoms with E-state index in [4.69, 9.17) is 9.05 Å². The van der Waals surface area contributed by atoms with Crippen LogP contribution in [0.1, 0.15) is 104 Å². The Kier molecular flexibility index (Phi) is 25.0. The maximum atomic E-state index is 12.6. The lowest BCUT2D eigenvalue weighted by molar-refractivity contribution is -0.870. The molecule has 42 heavy (non-hydrogen) atoms. The molecule has 244 valence electrons. The van der Waals surface area contributed by atoms with Crippen LogP contribution in [0, 0.1) is 0 Å². The van der Waals surface area contributed by atoms with E-state index in [1.54, 1.807) is 6.08 Å². The molecular formula is C33H62N2O6P+. The highest BCUT2D eigenvalue weighted by atomic mass is 31.2. The number of phosphoric acid groups is 1. The maximum absolute atomic E-state index is 12.6. The van der Waals surface area contributed by atoms with Gasteiger partial charge >= 0.3 is 7.82 Å². The van der Waals surface area contributed by atoms with Crippen molar-refractivity contribution in [2.75, 3.05) is 40.9 Å². The highest BCUT2D eigenvalue weighted by Crippen LogP contribution is 2.43. The Balaban J connectivity index is 4.81. The van der Waals surface area contributed by atoms with Crippen molar-refractivity contribution in [2.24, 2.45) is 0 Å². The van der Waals surface area contributed by atoms with E-state index < -0.39 is 20.0 Å². The van der Waals surface area contributed by atoms with Gasteiger partial charge in [-0.15, -0.1) is 0 Å². The van der Waals surface area contributed by atoms with Crippen LogP contribution >= 0.6 is 7.82 Å². The Morgan fingerprint density at radius 2 is 1.36 bits per heavy atom. The van der Waals surface area contributed by atoms with Gasteiger partial charge in [0.25, 0.3) is 0 Å². The smallest absolute Gasteiger partial charge is 0.387 e. The average molecular weight is 614 g/mol. The van der Waals surface area contributed by atoms with Crippen molar-refractivity contribution in [3.63, 3.8) is 0 Å². The number of carbonyl (C=O) groups excluding carboxylic acids is 1. The summed E-state index contributed by atoms with van der Waals surface area (Å²) in [6.45, 7) is 4.59. The van der Waals surface area contributed by atoms with Gasteiger partial charge in [-0.2, -0.15) is 0 Å². The van der Waals surface area contributed by atoms with Crippen molar-refractivity contribution >= 4 is 13.7 Å². The normalized spacial score (nSPS) is 15.7. The summed E-state index contributed by atoms with van der Waals surface area (Å²) in [5.41, 5.74) is 0. The largest absolute Gasteiger partial charge is 0.472 e. The second-order valence-corrected chi connectivity index (χ2v) is 13.3. The molecule has 1 amide bonds. The fourth-order valence-corrected chi connectivity index (χ4v) is 4.58. The van der Waals surface area contributed by atoms with Crippen molar-refractivity contribution < 1.29 is 32.9 Å². The number of aliphatic hydroxyl groups excluding tert-OH is 1. The van der Waals surface area contributed by atoms with E-state index in [-0.39, 0.29) is 19.1 Å². The molecule has 0 saturated carbocycles. The Morgan fingerprint density at radius 1 is 0.786 bits per heavy atom. The van der Waals surface area contributed by atoms with Crippen LogP contribution in [0.15, 0.2) is 48.6 Å². The molecule has 0 spiro atoms. The van der Waals surface area contributed by atoms with Gasteiger partial charge in [-0.3, -0.25) is 13.8 Å². The lowest BCUT2D eigenvalue weighted by Crippen LogP contribution is -2.45. The molecule has 9 heteroatoms. The Hall–Kier alpha value is -1.54. The Bertz CT molecular complexity index is 835. The summed E-state index contributed by atoms with van der Waals surface area (Å²) < 4.78 is 23.2. The summed E-state index contributed by atoms with van der Waals surface area (Å²) in [4.78, 5) is 22.7. The van der Waals surface area contributed by atoms with E-state index in [9.17, 15) is 19.4 Å². The molecular weight excluding hydrogens is 551 g/mol. The zero-order chi connectivity index (χ0) is 31.5. The number of amides is 1. The number of carbonyl (C=O) groups is 1. The van der Waals surface area contributed by atoms with E-state index >= 15 is 0 Å². The molecule has 0 saturated heterocycles. The first-order valence-electron chi connectivity index (χ1n) is 16.0. The van der Waals surface area contributed by atoms with Crippen LogP contribution in [0.25, 0.3) is 0 Å². The molecule has 8 nitrogen and oxygen atoms in total. The monoisotopic (exact) mass is 613 g/mol. The van der Waals surface area contributed by atoms with E-state index in [0.29, 0.717) is 23.9 Å². The molecule has 0 aromatic carbocycles. The van der Waals surface area contributed by atoms with Crippen molar-refractivity contribution in [1.82, 2.24) is 5.32 Å². The SMILES string of the molecule is CCC/C=C/CC/C=C/CC/C=C/C(O)C(COP(=O)(O)OCC[N+](C)(C)C)NC(=O)CCC/C=C\CCCCCC. The molecule has 3 unspecified atom stereocenters. The summed E-state index contributed by atoms with van der Waals surface area (Å²) in [6, 6.07) is -0.879. The third kappa shape index (κ3) is 27.3. The minimum absolute atomic E-state index is 0.0471. The van der Waals surface area contributed by atoms with E-state index in [0.717, 1.165) is 44.9 Å². The van der Waals surface area contributed by atoms with Crippen molar-refractivity contribution in [3.05, 3.63) is 48.6 Å². The zero-order valence-electron chi connectivity index (χ0n) is 27.2. The van der Waals surface area contributed by atoms with Crippen LogP contribution in [-0.4, -0.2) is 73.4 Å². The first-order chi connectivity index (χ1) is 20.0. The summed E-state index contributed by atoms with van der Waals surface area (Å²) in [5, 5.41) is 13.6. The van der Waals surface area contributed by atoms with Gasteiger partial charge in [0, 0.05) is 6.42 Å². The first-order valence-corrected chi connectivity index (χ1v) is 17.5. The van der Waals surface area contributed by atoms with Gasteiger partial charge in [-0.05, 0) is 57.8 Å². The molecule has 3 atom stereocenters. The zero-order valence-corrected chi connectivity index (χ0v) is 28.1. The Labute approximate surface area is 257 Å². The van der Waals surface area contributed by atoms with Crippen molar-refractivity contribution in [3.8, 4) is 0 Å². The van der Waals surface area contributed by atoms with Gasteiger partial charge in [0.2, 0.25) is 5.91 Å². The first kappa shape index (κ1) is 40.5. The predicted octanol–water partition coefficient (Wildman–Crippen LogP) is 7.40. The fourth-order valence-electron chi connectivity index (χ4n) is 3.84. The second-order valence-electron chi connectivity index (χ2n) is 11.8. The number of likely N-dealkylation sites (N-methyl/N-ethyl adjacent to an activating group) is 1. The maximum Gasteiger partial charge on any atom is 0.472 e. The summed E-state index contributed by atoms with van der Waals surface area (Å²) in [6.07, 6.45) is 29.1. The van der Waals surface area contributed by atoms with Gasteiger partial charge in [0.1, 0.15) is 13.2 Å². The van der Waals surface area contributed by atoms with Crippen LogP contribution in [0.3, 0.4) is 0 Å². The van der Waals surface area contributed by atoms with E-state index in [1.807, 2.05) is 27.2 Å². The topological polar surface area (TPSA) is 105 Å². The number of quaternary nitrogens is 1. The van der Waals surface area contributed by atoms with Gasteiger partial charge < -0.3 is 19.8 Å². The third-order valence-corrected chi connectivity index (χ3v) is 7.46. The quantitative estimate of drug-likeness (QED) is 0.0386. The number of nitrogens with one attached hydrogen (secondary N) is 1. The molecule has 0 aliphatic heterocycles. The molecule has 0 heterocycles. The minimum atomic E-state index is -4.34. The van der Waals surface area contributed by atoms with E-state index in [2.05, 4.69) is 55.6 Å². The number of aliphatic hydroxyl groups is 1. The number of allylic oxidation sites excluding steroid dienone is 7. The Morgan fingerprint density at radius 3 is 1.95 bits per heavy atom. The standard InChI is InChI=1S/C33H61N2O6P/c1-6-8-10-12-14-16-17-19-20-22-24-26-32(36)31(30-41-42(38,39)40-29-28-35(3,4)5)34-33(37)27-25-23-21-18-15-13-11-9-7-2/h10,12,17-19,21,24,26,31-32,36H,6-9,11,13-16,20,22-23,25,27-30H2,1-5H3,(H-,34,37,38,39)/p+1/b12-10+,19-17+,21-18-,26-24+. The summed E-state index contributed by atoms with van der Waals surface area (Å²) in [7, 11) is 1.51. The van der Waals surface area contributed by atoms with Crippen molar-refractivity contribution in [2.45, 2.75) is 116 Å². The van der Waals surface area contributed by atoms with Crippen LogP contribution in [0.2, 0.25) is 0 Å². The molecule has 0 fully saturated rings. The van der Waals surface area contributed by atoms with Crippen LogP contribution in [0.4, 0.5) is 0 Å². The number of rotatable bonds is 27.